The van der Waals surface area contributed by atoms with Gasteiger partial charge in [-0.2, -0.15) is 0 Å². The van der Waals surface area contributed by atoms with Crippen molar-refractivity contribution in [2.45, 2.75) is 6.17 Å². The van der Waals surface area contributed by atoms with Crippen molar-refractivity contribution in [2.24, 2.45) is 0 Å². The van der Waals surface area contributed by atoms with Crippen LogP contribution >= 0.6 is 0 Å². The fourth-order valence-corrected chi connectivity index (χ4v) is 2.37. The van der Waals surface area contributed by atoms with Crippen LogP contribution in [-0.2, 0) is 0 Å². The van der Waals surface area contributed by atoms with Crippen LogP contribution in [0.15, 0.2) is 42.5 Å². The Morgan fingerprint density at radius 1 is 0.952 bits per heavy atom. The van der Waals surface area contributed by atoms with E-state index in [0.29, 0.717) is 17.1 Å². The first kappa shape index (κ1) is 13.3. The predicted molar refractivity (Wildman–Crippen MR) is 79.8 cm³/mol. The number of carbonyl (C=O) groups is 1. The van der Waals surface area contributed by atoms with Crippen molar-refractivity contribution in [1.82, 2.24) is 5.32 Å². The van der Waals surface area contributed by atoms with E-state index >= 15 is 0 Å². The number of amides is 1. The van der Waals surface area contributed by atoms with Gasteiger partial charge in [0.05, 0.1) is 19.8 Å². The molecule has 3 rings (SSSR count). The number of benzene rings is 2. The number of carbonyl (C=O) groups excluding carboxylic acids is 1. The zero-order chi connectivity index (χ0) is 14.8. The summed E-state index contributed by atoms with van der Waals surface area (Å²) >= 11 is 0. The summed E-state index contributed by atoms with van der Waals surface area (Å²) in [5.41, 5.74) is 2.32. The molecule has 1 aliphatic heterocycles. The molecule has 5 heteroatoms. The number of nitrogens with one attached hydrogen (secondary N) is 2. The molecule has 2 aromatic rings. The lowest BCUT2D eigenvalue weighted by atomic mass is 10.1. The zero-order valence-corrected chi connectivity index (χ0v) is 11.8. The van der Waals surface area contributed by atoms with Crippen LogP contribution in [0.5, 0.6) is 11.5 Å². The largest absolute Gasteiger partial charge is 0.497 e. The second-order valence-corrected chi connectivity index (χ2v) is 4.74. The number of ether oxygens (including phenoxy) is 2. The first-order chi connectivity index (χ1) is 10.2. The smallest absolute Gasteiger partial charge is 0.255 e. The van der Waals surface area contributed by atoms with Crippen molar-refractivity contribution in [3.05, 3.63) is 53.6 Å². The summed E-state index contributed by atoms with van der Waals surface area (Å²) < 4.78 is 10.5. The molecule has 1 amide bonds. The van der Waals surface area contributed by atoms with Gasteiger partial charge in [0.25, 0.3) is 5.91 Å². The second kappa shape index (κ2) is 5.36. The number of hydrogen-bond donors (Lipinski definition) is 2. The Kier molecular flexibility index (Phi) is 3.39. The molecular formula is C16H16N2O3. The van der Waals surface area contributed by atoms with Crippen LogP contribution in [0.4, 0.5) is 5.69 Å². The van der Waals surface area contributed by atoms with E-state index in [9.17, 15) is 4.79 Å². The summed E-state index contributed by atoms with van der Waals surface area (Å²) in [5, 5.41) is 6.23. The molecule has 0 saturated heterocycles. The van der Waals surface area contributed by atoms with Crippen LogP contribution in [0, 0.1) is 0 Å². The average molecular weight is 284 g/mol. The van der Waals surface area contributed by atoms with Gasteiger partial charge >= 0.3 is 0 Å². The molecule has 1 atom stereocenters. The monoisotopic (exact) mass is 284 g/mol. The van der Waals surface area contributed by atoms with Crippen LogP contribution in [0.3, 0.4) is 0 Å². The van der Waals surface area contributed by atoms with Crippen molar-refractivity contribution >= 4 is 11.6 Å². The molecule has 0 saturated carbocycles. The van der Waals surface area contributed by atoms with Crippen molar-refractivity contribution in [1.29, 1.82) is 0 Å². The maximum Gasteiger partial charge on any atom is 0.255 e. The summed E-state index contributed by atoms with van der Waals surface area (Å²) in [6.45, 7) is 0. The summed E-state index contributed by atoms with van der Waals surface area (Å²) in [5.74, 6) is 1.26. The predicted octanol–water partition coefficient (Wildman–Crippen LogP) is 2.56. The van der Waals surface area contributed by atoms with Crippen molar-refractivity contribution in [3.63, 3.8) is 0 Å². The fraction of sp³-hybridized carbons (Fsp3) is 0.188. The molecule has 2 N–H and O–H groups in total. The highest BCUT2D eigenvalue weighted by atomic mass is 16.5. The second-order valence-electron chi connectivity index (χ2n) is 4.74. The summed E-state index contributed by atoms with van der Waals surface area (Å²) in [4.78, 5) is 12.2. The third-order valence-corrected chi connectivity index (χ3v) is 3.45. The number of anilines is 1. The lowest BCUT2D eigenvalue weighted by Gasteiger charge is -2.28. The highest BCUT2D eigenvalue weighted by molar-refractivity contribution is 6.01. The van der Waals surface area contributed by atoms with E-state index < -0.39 is 0 Å². The lowest BCUT2D eigenvalue weighted by Crippen LogP contribution is -2.38. The summed E-state index contributed by atoms with van der Waals surface area (Å²) in [6, 6.07) is 13.0. The number of methoxy groups -OCH3 is 2. The lowest BCUT2D eigenvalue weighted by molar-refractivity contribution is 0.0935. The van der Waals surface area contributed by atoms with Gasteiger partial charge < -0.3 is 20.1 Å². The van der Waals surface area contributed by atoms with Crippen LogP contribution in [-0.4, -0.2) is 20.1 Å². The maximum atomic E-state index is 12.2. The van der Waals surface area contributed by atoms with Crippen molar-refractivity contribution in [3.8, 4) is 11.5 Å². The van der Waals surface area contributed by atoms with Crippen LogP contribution < -0.4 is 20.1 Å². The van der Waals surface area contributed by atoms with E-state index in [-0.39, 0.29) is 12.1 Å². The Morgan fingerprint density at radius 2 is 1.62 bits per heavy atom. The van der Waals surface area contributed by atoms with E-state index in [2.05, 4.69) is 10.6 Å². The maximum absolute atomic E-state index is 12.2. The molecule has 0 fully saturated rings. The highest BCUT2D eigenvalue weighted by Gasteiger charge is 2.24. The standard InChI is InChI=1S/C16H16N2O3/c1-20-11-7-10(8-12(9-11)21-2)15-17-14-6-4-3-5-13(14)16(19)18-15/h3-9,15,17H,1-2H3,(H,18,19)/t15-/m1/s1. The molecule has 0 unspecified atom stereocenters. The number of hydrogen-bond acceptors (Lipinski definition) is 4. The van der Waals surface area contributed by atoms with Gasteiger partial charge in [0.15, 0.2) is 0 Å². The molecule has 108 valence electrons. The normalized spacial score (nSPS) is 16.5. The third-order valence-electron chi connectivity index (χ3n) is 3.45. The molecule has 0 radical (unpaired) electrons. The SMILES string of the molecule is COc1cc(OC)cc([C@H]2NC(=O)c3ccccc3N2)c1. The minimum atomic E-state index is -0.323. The topological polar surface area (TPSA) is 59.6 Å². The molecule has 0 aromatic heterocycles. The summed E-state index contributed by atoms with van der Waals surface area (Å²) in [6.07, 6.45) is -0.323. The Hall–Kier alpha value is -2.69. The Bertz CT molecular complexity index is 663. The Balaban J connectivity index is 1.97. The van der Waals surface area contributed by atoms with Gasteiger partial charge in [0.2, 0.25) is 0 Å². The molecule has 5 nitrogen and oxygen atoms in total. The number of para-hydroxylation sites is 1. The van der Waals surface area contributed by atoms with Gasteiger partial charge in [0.1, 0.15) is 17.7 Å². The van der Waals surface area contributed by atoms with E-state index in [1.165, 1.54) is 0 Å². The van der Waals surface area contributed by atoms with E-state index in [0.717, 1.165) is 11.3 Å². The van der Waals surface area contributed by atoms with Gasteiger partial charge in [0, 0.05) is 17.3 Å². The van der Waals surface area contributed by atoms with E-state index in [1.54, 1.807) is 26.4 Å². The summed E-state index contributed by atoms with van der Waals surface area (Å²) in [7, 11) is 3.20. The van der Waals surface area contributed by atoms with Crippen LogP contribution in [0.1, 0.15) is 22.1 Å². The molecule has 1 heterocycles. The van der Waals surface area contributed by atoms with Gasteiger partial charge in [-0.05, 0) is 24.3 Å². The van der Waals surface area contributed by atoms with Gasteiger partial charge in [-0.3, -0.25) is 4.79 Å². The minimum absolute atomic E-state index is 0.101. The van der Waals surface area contributed by atoms with Crippen molar-refractivity contribution in [2.75, 3.05) is 19.5 Å². The van der Waals surface area contributed by atoms with Crippen LogP contribution in [0.25, 0.3) is 0 Å². The van der Waals surface area contributed by atoms with E-state index in [4.69, 9.17) is 9.47 Å². The van der Waals surface area contributed by atoms with Gasteiger partial charge in [-0.1, -0.05) is 12.1 Å². The molecule has 0 spiro atoms. The fourth-order valence-electron chi connectivity index (χ4n) is 2.37. The Labute approximate surface area is 122 Å². The highest BCUT2D eigenvalue weighted by Crippen LogP contribution is 2.30. The molecule has 0 aliphatic carbocycles. The van der Waals surface area contributed by atoms with Gasteiger partial charge in [-0.15, -0.1) is 0 Å². The first-order valence-corrected chi connectivity index (χ1v) is 6.60. The molecule has 21 heavy (non-hydrogen) atoms. The van der Waals surface area contributed by atoms with Crippen molar-refractivity contribution < 1.29 is 14.3 Å². The zero-order valence-electron chi connectivity index (χ0n) is 11.8. The average Bonchev–Trinajstić information content (AvgIpc) is 2.54. The first-order valence-electron chi connectivity index (χ1n) is 6.60. The number of fused-ring (bicyclic) bond motifs is 1. The molecule has 2 aromatic carbocycles. The number of rotatable bonds is 3. The van der Waals surface area contributed by atoms with Crippen LogP contribution in [0.2, 0.25) is 0 Å². The van der Waals surface area contributed by atoms with E-state index in [1.807, 2.05) is 30.3 Å². The molecular weight excluding hydrogens is 268 g/mol. The third kappa shape index (κ3) is 2.50. The molecule has 1 aliphatic rings. The minimum Gasteiger partial charge on any atom is -0.497 e. The Morgan fingerprint density at radius 3 is 2.29 bits per heavy atom. The van der Waals surface area contributed by atoms with Gasteiger partial charge in [-0.25, -0.2) is 0 Å². The quantitative estimate of drug-likeness (QED) is 0.909. The molecule has 0 bridgehead atoms.